The number of rotatable bonds is 2. The summed E-state index contributed by atoms with van der Waals surface area (Å²) in [5.41, 5.74) is 1.03. The first kappa shape index (κ1) is 12.6. The van der Waals surface area contributed by atoms with Crippen LogP contribution in [0, 0.1) is 5.95 Å². The quantitative estimate of drug-likeness (QED) is 0.737. The van der Waals surface area contributed by atoms with Crippen LogP contribution in [0.25, 0.3) is 16.6 Å². The van der Waals surface area contributed by atoms with Gasteiger partial charge in [-0.05, 0) is 18.2 Å². The molecule has 0 aliphatic rings. The second kappa shape index (κ2) is 4.57. The zero-order valence-corrected chi connectivity index (χ0v) is 10.7. The average Bonchev–Trinajstić information content (AvgIpc) is 2.81. The normalized spacial score (nSPS) is 10.9. The minimum absolute atomic E-state index is 0.0913. The Morgan fingerprint density at radius 1 is 1.30 bits per heavy atom. The summed E-state index contributed by atoms with van der Waals surface area (Å²) in [6, 6.07) is 4.24. The van der Waals surface area contributed by atoms with Crippen molar-refractivity contribution in [2.75, 3.05) is 0 Å². The van der Waals surface area contributed by atoms with E-state index in [2.05, 4.69) is 9.97 Å². The zero-order chi connectivity index (χ0) is 14.3. The highest BCUT2D eigenvalue weighted by Gasteiger charge is 2.17. The van der Waals surface area contributed by atoms with E-state index in [1.54, 1.807) is 6.07 Å². The lowest BCUT2D eigenvalue weighted by Crippen LogP contribution is -1.96. The number of fused-ring (bicyclic) bond motifs is 1. The van der Waals surface area contributed by atoms with E-state index < -0.39 is 11.9 Å². The molecular formula is C13H7ClFN3O2. The largest absolute Gasteiger partial charge is 0.478 e. The van der Waals surface area contributed by atoms with Crippen molar-refractivity contribution in [3.05, 3.63) is 53.5 Å². The van der Waals surface area contributed by atoms with Gasteiger partial charge >= 0.3 is 5.97 Å². The second-order valence-electron chi connectivity index (χ2n) is 4.05. The molecule has 0 aliphatic carbocycles. The lowest BCUT2D eigenvalue weighted by Gasteiger charge is -2.05. The first-order chi connectivity index (χ1) is 9.58. The van der Waals surface area contributed by atoms with E-state index >= 15 is 0 Å². The standard InChI is InChI=1S/C13H7ClFN3O2/c14-12-11-8(3-4-16-12)9(13(19)20)6-18(11)7-1-2-10(15)17-5-7/h1-6H,(H,19,20). The molecule has 0 saturated heterocycles. The first-order valence-electron chi connectivity index (χ1n) is 5.58. The molecule has 3 aromatic rings. The fourth-order valence-corrected chi connectivity index (χ4v) is 2.27. The molecule has 5 nitrogen and oxygen atoms in total. The first-order valence-corrected chi connectivity index (χ1v) is 5.96. The highest BCUT2D eigenvalue weighted by Crippen LogP contribution is 2.29. The third-order valence-electron chi connectivity index (χ3n) is 2.89. The number of aromatic carboxylic acids is 1. The lowest BCUT2D eigenvalue weighted by molar-refractivity contribution is 0.0699. The predicted octanol–water partition coefficient (Wildman–Crippen LogP) is 2.91. The van der Waals surface area contributed by atoms with Crippen molar-refractivity contribution < 1.29 is 14.3 Å². The van der Waals surface area contributed by atoms with Gasteiger partial charge in [-0.3, -0.25) is 0 Å². The Hall–Kier alpha value is -2.47. The number of carbonyl (C=O) groups is 1. The zero-order valence-electron chi connectivity index (χ0n) is 9.92. The number of hydrogen-bond acceptors (Lipinski definition) is 3. The van der Waals surface area contributed by atoms with Crippen LogP contribution in [-0.4, -0.2) is 25.6 Å². The van der Waals surface area contributed by atoms with Gasteiger partial charge in [-0.15, -0.1) is 0 Å². The fourth-order valence-electron chi connectivity index (χ4n) is 2.02. The van der Waals surface area contributed by atoms with Gasteiger partial charge in [-0.1, -0.05) is 11.6 Å². The van der Waals surface area contributed by atoms with Gasteiger partial charge in [0.1, 0.15) is 0 Å². The van der Waals surface area contributed by atoms with Crippen LogP contribution in [0.1, 0.15) is 10.4 Å². The van der Waals surface area contributed by atoms with Gasteiger partial charge in [0, 0.05) is 17.8 Å². The summed E-state index contributed by atoms with van der Waals surface area (Å²) in [5.74, 6) is -1.70. The van der Waals surface area contributed by atoms with E-state index in [0.29, 0.717) is 16.6 Å². The summed E-state index contributed by atoms with van der Waals surface area (Å²) in [7, 11) is 0. The number of aromatic nitrogens is 3. The number of hydrogen-bond donors (Lipinski definition) is 1. The summed E-state index contributed by atoms with van der Waals surface area (Å²) in [6.07, 6.45) is 4.14. The summed E-state index contributed by atoms with van der Waals surface area (Å²) in [5, 5.41) is 9.85. The molecule has 7 heteroatoms. The SMILES string of the molecule is O=C(O)c1cn(-c2ccc(F)nc2)c2c(Cl)nccc12. The van der Waals surface area contributed by atoms with Gasteiger partial charge < -0.3 is 9.67 Å². The minimum Gasteiger partial charge on any atom is -0.478 e. The van der Waals surface area contributed by atoms with E-state index in [-0.39, 0.29) is 10.7 Å². The number of pyridine rings is 2. The smallest absolute Gasteiger partial charge is 0.337 e. The Morgan fingerprint density at radius 3 is 2.75 bits per heavy atom. The minimum atomic E-state index is -1.08. The van der Waals surface area contributed by atoms with E-state index in [1.807, 2.05) is 0 Å². The number of halogens is 2. The predicted molar refractivity (Wildman–Crippen MR) is 70.8 cm³/mol. The molecule has 0 amide bonds. The number of carboxylic acid groups (broad SMARTS) is 1. The molecule has 0 aliphatic heterocycles. The molecule has 20 heavy (non-hydrogen) atoms. The van der Waals surface area contributed by atoms with Crippen molar-refractivity contribution in [1.82, 2.24) is 14.5 Å². The Bertz CT molecular complexity index is 814. The molecule has 3 aromatic heterocycles. The molecule has 0 unspecified atom stereocenters. The molecule has 0 radical (unpaired) electrons. The lowest BCUT2D eigenvalue weighted by atomic mass is 10.2. The van der Waals surface area contributed by atoms with Crippen LogP contribution < -0.4 is 0 Å². The summed E-state index contributed by atoms with van der Waals surface area (Å²) >= 11 is 6.04. The number of nitrogens with zero attached hydrogens (tertiary/aromatic N) is 3. The molecule has 0 saturated carbocycles. The van der Waals surface area contributed by atoms with Crippen LogP contribution in [0.15, 0.2) is 36.8 Å². The Morgan fingerprint density at radius 2 is 2.10 bits per heavy atom. The van der Waals surface area contributed by atoms with Gasteiger partial charge in [0.15, 0.2) is 5.15 Å². The van der Waals surface area contributed by atoms with Crippen LogP contribution >= 0.6 is 11.6 Å². The monoisotopic (exact) mass is 291 g/mol. The molecule has 100 valence electrons. The van der Waals surface area contributed by atoms with Crippen molar-refractivity contribution in [3.8, 4) is 5.69 Å². The van der Waals surface area contributed by atoms with Crippen molar-refractivity contribution in [1.29, 1.82) is 0 Å². The fraction of sp³-hybridized carbons (Fsp3) is 0. The maximum atomic E-state index is 12.9. The van der Waals surface area contributed by atoms with Crippen molar-refractivity contribution in [2.45, 2.75) is 0 Å². The van der Waals surface area contributed by atoms with E-state index in [0.717, 1.165) is 0 Å². The molecule has 0 spiro atoms. The Labute approximate surface area is 117 Å². The van der Waals surface area contributed by atoms with Gasteiger partial charge in [0.25, 0.3) is 0 Å². The van der Waals surface area contributed by atoms with Crippen molar-refractivity contribution in [2.24, 2.45) is 0 Å². The summed E-state index contributed by atoms with van der Waals surface area (Å²) in [4.78, 5) is 18.8. The van der Waals surface area contributed by atoms with Crippen LogP contribution in [-0.2, 0) is 0 Å². The van der Waals surface area contributed by atoms with Gasteiger partial charge in [-0.25, -0.2) is 14.8 Å². The Kier molecular flexibility index (Phi) is 2.87. The van der Waals surface area contributed by atoms with Gasteiger partial charge in [0.2, 0.25) is 5.95 Å². The Balaban J connectivity index is 2.35. The molecule has 0 atom stereocenters. The molecule has 0 fully saturated rings. The number of carboxylic acids is 1. The van der Waals surface area contributed by atoms with Crippen LogP contribution in [0.2, 0.25) is 5.15 Å². The molecule has 0 bridgehead atoms. The summed E-state index contributed by atoms with van der Waals surface area (Å²) < 4.78 is 14.4. The van der Waals surface area contributed by atoms with Crippen LogP contribution in [0.3, 0.4) is 0 Å². The van der Waals surface area contributed by atoms with Crippen molar-refractivity contribution in [3.63, 3.8) is 0 Å². The van der Waals surface area contributed by atoms with E-state index in [4.69, 9.17) is 11.6 Å². The van der Waals surface area contributed by atoms with Crippen LogP contribution in [0.4, 0.5) is 4.39 Å². The molecule has 1 N–H and O–H groups in total. The summed E-state index contributed by atoms with van der Waals surface area (Å²) in [6.45, 7) is 0. The van der Waals surface area contributed by atoms with Gasteiger partial charge in [0.05, 0.1) is 23.0 Å². The van der Waals surface area contributed by atoms with Gasteiger partial charge in [-0.2, -0.15) is 4.39 Å². The maximum absolute atomic E-state index is 12.9. The second-order valence-corrected chi connectivity index (χ2v) is 4.41. The third-order valence-corrected chi connectivity index (χ3v) is 3.17. The average molecular weight is 292 g/mol. The third kappa shape index (κ3) is 1.90. The van der Waals surface area contributed by atoms with Crippen LogP contribution in [0.5, 0.6) is 0 Å². The highest BCUT2D eigenvalue weighted by molar-refractivity contribution is 6.34. The van der Waals surface area contributed by atoms with E-state index in [9.17, 15) is 14.3 Å². The van der Waals surface area contributed by atoms with Crippen molar-refractivity contribution >= 4 is 28.5 Å². The molecule has 3 heterocycles. The molecule has 3 rings (SSSR count). The molecule has 0 aromatic carbocycles. The van der Waals surface area contributed by atoms with E-state index in [1.165, 1.54) is 35.3 Å². The highest BCUT2D eigenvalue weighted by atomic mass is 35.5. The topological polar surface area (TPSA) is 68.0 Å². The molecular weight excluding hydrogens is 285 g/mol. The maximum Gasteiger partial charge on any atom is 0.337 e.